The fourth-order valence-corrected chi connectivity index (χ4v) is 2.01. The second-order valence-electron chi connectivity index (χ2n) is 4.95. The van der Waals surface area contributed by atoms with E-state index in [1.807, 2.05) is 18.2 Å². The Bertz CT molecular complexity index is 667. The summed E-state index contributed by atoms with van der Waals surface area (Å²) in [6.07, 6.45) is 3.38. The first-order valence-electron chi connectivity index (χ1n) is 6.56. The van der Waals surface area contributed by atoms with Gasteiger partial charge in [-0.15, -0.1) is 0 Å². The van der Waals surface area contributed by atoms with Gasteiger partial charge in [0.2, 0.25) is 0 Å². The number of rotatable bonds is 4. The molecule has 1 aromatic heterocycles. The molecule has 2 rings (SSSR count). The van der Waals surface area contributed by atoms with E-state index in [0.717, 1.165) is 10.8 Å². The van der Waals surface area contributed by atoms with Crippen LogP contribution in [0.4, 0.5) is 10.5 Å². The van der Waals surface area contributed by atoms with Crippen LogP contribution in [0.3, 0.4) is 0 Å². The van der Waals surface area contributed by atoms with Crippen molar-refractivity contribution in [3.63, 3.8) is 0 Å². The van der Waals surface area contributed by atoms with Gasteiger partial charge in [-0.1, -0.05) is 19.1 Å². The van der Waals surface area contributed by atoms with Crippen molar-refractivity contribution in [2.45, 2.75) is 6.92 Å². The highest BCUT2D eigenvalue weighted by Crippen LogP contribution is 2.22. The highest BCUT2D eigenvalue weighted by atomic mass is 16.4. The van der Waals surface area contributed by atoms with Crippen LogP contribution in [-0.2, 0) is 4.79 Å². The molecule has 6 nitrogen and oxygen atoms in total. The molecule has 1 heterocycles. The van der Waals surface area contributed by atoms with Crippen molar-refractivity contribution >= 4 is 28.5 Å². The largest absolute Gasteiger partial charge is 0.481 e. The molecule has 2 aromatic rings. The van der Waals surface area contributed by atoms with Gasteiger partial charge in [0, 0.05) is 36.8 Å². The van der Waals surface area contributed by atoms with Crippen LogP contribution in [0, 0.1) is 5.92 Å². The van der Waals surface area contributed by atoms with Gasteiger partial charge in [-0.05, 0) is 12.1 Å². The van der Waals surface area contributed by atoms with E-state index in [1.165, 1.54) is 4.90 Å². The number of carbonyl (C=O) groups excluding carboxylic acids is 1. The lowest BCUT2D eigenvalue weighted by atomic mass is 10.1. The summed E-state index contributed by atoms with van der Waals surface area (Å²) in [4.78, 5) is 28.3. The summed E-state index contributed by atoms with van der Waals surface area (Å²) in [5.41, 5.74) is 0.676. The van der Waals surface area contributed by atoms with Gasteiger partial charge >= 0.3 is 12.0 Å². The van der Waals surface area contributed by atoms with Crippen molar-refractivity contribution in [2.24, 2.45) is 5.92 Å². The number of nitrogens with one attached hydrogen (secondary N) is 1. The Hall–Kier alpha value is -2.63. The van der Waals surface area contributed by atoms with Crippen LogP contribution in [-0.4, -0.2) is 40.6 Å². The number of aliphatic carboxylic acids is 1. The Morgan fingerprint density at radius 1 is 1.38 bits per heavy atom. The van der Waals surface area contributed by atoms with Crippen molar-refractivity contribution in [2.75, 3.05) is 18.9 Å². The number of carboxylic acid groups (broad SMARTS) is 1. The van der Waals surface area contributed by atoms with Crippen LogP contribution in [0.5, 0.6) is 0 Å². The Kier molecular flexibility index (Phi) is 4.37. The molecular formula is C15H17N3O3. The number of benzene rings is 1. The van der Waals surface area contributed by atoms with Crippen molar-refractivity contribution in [3.8, 4) is 0 Å². The average Bonchev–Trinajstić information content (AvgIpc) is 2.47. The number of aromatic nitrogens is 1. The Labute approximate surface area is 122 Å². The highest BCUT2D eigenvalue weighted by Gasteiger charge is 2.17. The standard InChI is InChI=1S/C15H17N3O3/c1-10(14(19)20)9-18(2)15(21)17-13-5-3-4-11-8-16-7-6-12(11)13/h3-8,10H,9H2,1-2H3,(H,17,21)(H,19,20). The summed E-state index contributed by atoms with van der Waals surface area (Å²) in [6.45, 7) is 1.71. The normalized spacial score (nSPS) is 11.9. The molecule has 1 atom stereocenters. The predicted octanol–water partition coefficient (Wildman–Crippen LogP) is 2.42. The first-order valence-corrected chi connectivity index (χ1v) is 6.56. The number of carbonyl (C=O) groups is 2. The molecule has 0 aliphatic heterocycles. The third-order valence-electron chi connectivity index (χ3n) is 3.24. The molecular weight excluding hydrogens is 270 g/mol. The molecule has 0 saturated carbocycles. The minimum atomic E-state index is -0.925. The van der Waals surface area contributed by atoms with Gasteiger partial charge in [0.25, 0.3) is 0 Å². The molecule has 0 saturated heterocycles. The molecule has 1 aromatic carbocycles. The number of anilines is 1. The molecule has 0 radical (unpaired) electrons. The first-order chi connectivity index (χ1) is 9.99. The average molecular weight is 287 g/mol. The summed E-state index contributed by atoms with van der Waals surface area (Å²) in [6, 6.07) is 7.03. The molecule has 0 bridgehead atoms. The molecule has 2 N–H and O–H groups in total. The maximum absolute atomic E-state index is 12.1. The summed E-state index contributed by atoms with van der Waals surface area (Å²) in [7, 11) is 1.57. The van der Waals surface area contributed by atoms with Gasteiger partial charge in [0.1, 0.15) is 0 Å². The Balaban J connectivity index is 2.13. The number of amides is 2. The second-order valence-corrected chi connectivity index (χ2v) is 4.95. The Morgan fingerprint density at radius 2 is 2.14 bits per heavy atom. The first kappa shape index (κ1) is 14.8. The number of urea groups is 1. The molecule has 6 heteroatoms. The summed E-state index contributed by atoms with van der Waals surface area (Å²) < 4.78 is 0. The van der Waals surface area contributed by atoms with Gasteiger partial charge in [-0.2, -0.15) is 0 Å². The van der Waals surface area contributed by atoms with Gasteiger partial charge in [0.15, 0.2) is 0 Å². The van der Waals surface area contributed by atoms with Crippen LogP contribution < -0.4 is 5.32 Å². The molecule has 2 amide bonds. The molecule has 0 fully saturated rings. The van der Waals surface area contributed by atoms with Gasteiger partial charge in [-0.3, -0.25) is 9.78 Å². The topological polar surface area (TPSA) is 82.5 Å². The highest BCUT2D eigenvalue weighted by molar-refractivity contribution is 6.01. The summed E-state index contributed by atoms with van der Waals surface area (Å²) in [5.74, 6) is -1.54. The van der Waals surface area contributed by atoms with E-state index in [0.29, 0.717) is 5.69 Å². The lowest BCUT2D eigenvalue weighted by molar-refractivity contribution is -0.141. The van der Waals surface area contributed by atoms with Gasteiger partial charge < -0.3 is 15.3 Å². The van der Waals surface area contributed by atoms with Crippen molar-refractivity contribution in [1.82, 2.24) is 9.88 Å². The lowest BCUT2D eigenvalue weighted by Gasteiger charge is -2.20. The van der Waals surface area contributed by atoms with Crippen molar-refractivity contribution < 1.29 is 14.7 Å². The fraction of sp³-hybridized carbons (Fsp3) is 0.267. The van der Waals surface area contributed by atoms with Crippen molar-refractivity contribution in [3.05, 3.63) is 36.7 Å². The number of fused-ring (bicyclic) bond motifs is 1. The Morgan fingerprint density at radius 3 is 2.86 bits per heavy atom. The lowest BCUT2D eigenvalue weighted by Crippen LogP contribution is -2.36. The number of nitrogens with zero attached hydrogens (tertiary/aromatic N) is 2. The van der Waals surface area contributed by atoms with Crippen LogP contribution in [0.25, 0.3) is 10.8 Å². The van der Waals surface area contributed by atoms with E-state index in [4.69, 9.17) is 5.11 Å². The van der Waals surface area contributed by atoms with E-state index >= 15 is 0 Å². The molecule has 21 heavy (non-hydrogen) atoms. The molecule has 0 spiro atoms. The predicted molar refractivity (Wildman–Crippen MR) is 80.2 cm³/mol. The maximum atomic E-state index is 12.1. The van der Waals surface area contributed by atoms with Gasteiger partial charge in [0.05, 0.1) is 11.6 Å². The minimum Gasteiger partial charge on any atom is -0.481 e. The number of carboxylic acids is 1. The zero-order chi connectivity index (χ0) is 15.4. The minimum absolute atomic E-state index is 0.146. The summed E-state index contributed by atoms with van der Waals surface area (Å²) in [5, 5.41) is 13.5. The van der Waals surface area contributed by atoms with E-state index in [-0.39, 0.29) is 12.6 Å². The monoisotopic (exact) mass is 287 g/mol. The van der Waals surface area contributed by atoms with E-state index in [9.17, 15) is 9.59 Å². The van der Waals surface area contributed by atoms with Crippen LogP contribution in [0.15, 0.2) is 36.7 Å². The summed E-state index contributed by atoms with van der Waals surface area (Å²) >= 11 is 0. The van der Waals surface area contributed by atoms with E-state index in [1.54, 1.807) is 32.4 Å². The number of hydrogen-bond acceptors (Lipinski definition) is 3. The quantitative estimate of drug-likeness (QED) is 0.904. The second kappa shape index (κ2) is 6.21. The molecule has 0 aliphatic rings. The smallest absolute Gasteiger partial charge is 0.321 e. The van der Waals surface area contributed by atoms with Gasteiger partial charge in [-0.25, -0.2) is 4.79 Å². The van der Waals surface area contributed by atoms with Crippen LogP contribution >= 0.6 is 0 Å². The fourth-order valence-electron chi connectivity index (χ4n) is 2.01. The number of pyridine rings is 1. The van der Waals surface area contributed by atoms with Crippen LogP contribution in [0.1, 0.15) is 6.92 Å². The zero-order valence-electron chi connectivity index (χ0n) is 11.9. The van der Waals surface area contributed by atoms with E-state index < -0.39 is 11.9 Å². The SMILES string of the molecule is CC(CN(C)C(=O)Nc1cccc2cnccc12)C(=O)O. The zero-order valence-corrected chi connectivity index (χ0v) is 11.9. The molecule has 0 aliphatic carbocycles. The maximum Gasteiger partial charge on any atom is 0.321 e. The third-order valence-corrected chi connectivity index (χ3v) is 3.24. The third kappa shape index (κ3) is 3.47. The molecule has 110 valence electrons. The van der Waals surface area contributed by atoms with Crippen LogP contribution in [0.2, 0.25) is 0 Å². The van der Waals surface area contributed by atoms with E-state index in [2.05, 4.69) is 10.3 Å². The molecule has 1 unspecified atom stereocenters. The number of hydrogen-bond donors (Lipinski definition) is 2. The van der Waals surface area contributed by atoms with Crippen molar-refractivity contribution in [1.29, 1.82) is 0 Å².